The fourth-order valence-electron chi connectivity index (χ4n) is 1.94. The summed E-state index contributed by atoms with van der Waals surface area (Å²) < 4.78 is 0. The summed E-state index contributed by atoms with van der Waals surface area (Å²) in [5.41, 5.74) is 4.65. The van der Waals surface area contributed by atoms with Crippen LogP contribution in [0.2, 0.25) is 0 Å². The smallest absolute Gasteiger partial charge is 0.0288 e. The monoisotopic (exact) mass is 204 g/mol. The van der Waals surface area contributed by atoms with Gasteiger partial charge in [-0.1, -0.05) is 34.9 Å². The molecule has 0 bridgehead atoms. The maximum absolute atomic E-state index is 2.40. The lowest BCUT2D eigenvalue weighted by atomic mass is 10.0. The second-order valence-corrected chi connectivity index (χ2v) is 4.77. The largest absolute Gasteiger partial charge is 0.0853 e. The topological polar surface area (TPSA) is 0 Å². The first kappa shape index (κ1) is 12.3. The molecule has 0 aromatic heterocycles. The Labute approximate surface area is 94.8 Å². The normalized spacial score (nSPS) is 31.0. The van der Waals surface area contributed by atoms with Crippen LogP contribution in [0.1, 0.15) is 59.3 Å². The number of hydrogen-bond donors (Lipinski definition) is 0. The standard InChI is InChI=1S/C15H24/c1-13-7-4-9-14(2)11-6-12-15(3)10-5-8-13/h7,10-11H,4-6,8-9,12H2,1-3H3/b13-7+,14-11+,15-10+. The van der Waals surface area contributed by atoms with Crippen molar-refractivity contribution in [2.45, 2.75) is 59.3 Å². The van der Waals surface area contributed by atoms with E-state index in [1.165, 1.54) is 38.5 Å². The molecule has 0 radical (unpaired) electrons. The Morgan fingerprint density at radius 3 is 1.13 bits per heavy atom. The van der Waals surface area contributed by atoms with Crippen LogP contribution in [0.4, 0.5) is 0 Å². The van der Waals surface area contributed by atoms with Gasteiger partial charge in [0.2, 0.25) is 0 Å². The Morgan fingerprint density at radius 2 is 0.867 bits per heavy atom. The van der Waals surface area contributed by atoms with E-state index in [1.807, 2.05) is 0 Å². The average Bonchev–Trinajstić information content (AvgIpc) is 2.16. The van der Waals surface area contributed by atoms with E-state index < -0.39 is 0 Å². The quantitative estimate of drug-likeness (QED) is 0.477. The molecule has 0 spiro atoms. The van der Waals surface area contributed by atoms with Crippen LogP contribution in [0.5, 0.6) is 0 Å². The third-order valence-corrected chi connectivity index (χ3v) is 3.09. The molecule has 1 aliphatic rings. The highest BCUT2D eigenvalue weighted by atomic mass is 14.0. The summed E-state index contributed by atoms with van der Waals surface area (Å²) in [5, 5.41) is 0. The number of allylic oxidation sites excluding steroid dienone is 6. The van der Waals surface area contributed by atoms with Crippen molar-refractivity contribution in [3.8, 4) is 0 Å². The van der Waals surface area contributed by atoms with Gasteiger partial charge in [0.1, 0.15) is 0 Å². The van der Waals surface area contributed by atoms with Gasteiger partial charge in [0.15, 0.2) is 0 Å². The molecule has 1 aliphatic carbocycles. The van der Waals surface area contributed by atoms with Crippen LogP contribution in [-0.4, -0.2) is 0 Å². The lowest BCUT2D eigenvalue weighted by molar-refractivity contribution is 0.875. The maximum atomic E-state index is 2.40. The van der Waals surface area contributed by atoms with Crippen LogP contribution in [0.3, 0.4) is 0 Å². The van der Waals surface area contributed by atoms with Gasteiger partial charge in [0, 0.05) is 0 Å². The Hall–Kier alpha value is -0.780. The van der Waals surface area contributed by atoms with Crippen molar-refractivity contribution in [2.24, 2.45) is 0 Å². The number of rotatable bonds is 0. The van der Waals surface area contributed by atoms with Gasteiger partial charge >= 0.3 is 0 Å². The summed E-state index contributed by atoms with van der Waals surface area (Å²) in [6, 6.07) is 0. The molecular weight excluding hydrogens is 180 g/mol. The zero-order valence-corrected chi connectivity index (χ0v) is 10.5. The van der Waals surface area contributed by atoms with Crippen molar-refractivity contribution in [3.05, 3.63) is 34.9 Å². The van der Waals surface area contributed by atoms with Crippen molar-refractivity contribution in [2.75, 3.05) is 0 Å². The van der Waals surface area contributed by atoms with Gasteiger partial charge in [-0.25, -0.2) is 0 Å². The summed E-state index contributed by atoms with van der Waals surface area (Å²) in [6.07, 6.45) is 14.6. The van der Waals surface area contributed by atoms with Crippen LogP contribution in [0.15, 0.2) is 34.9 Å². The molecule has 0 heterocycles. The molecule has 0 fully saturated rings. The molecule has 84 valence electrons. The zero-order chi connectivity index (χ0) is 11.1. The maximum Gasteiger partial charge on any atom is -0.0288 e. The van der Waals surface area contributed by atoms with Crippen LogP contribution >= 0.6 is 0 Å². The van der Waals surface area contributed by atoms with Gasteiger partial charge in [-0.15, -0.1) is 0 Å². The predicted molar refractivity (Wildman–Crippen MR) is 69.0 cm³/mol. The van der Waals surface area contributed by atoms with Crippen LogP contribution in [0.25, 0.3) is 0 Å². The second kappa shape index (κ2) is 6.66. The van der Waals surface area contributed by atoms with Gasteiger partial charge < -0.3 is 0 Å². The highest BCUT2D eigenvalue weighted by Crippen LogP contribution is 2.15. The molecule has 0 unspecified atom stereocenters. The Balaban J connectivity index is 2.62. The summed E-state index contributed by atoms with van der Waals surface area (Å²) in [7, 11) is 0. The van der Waals surface area contributed by atoms with Gasteiger partial charge in [-0.05, 0) is 59.3 Å². The van der Waals surface area contributed by atoms with Crippen LogP contribution in [-0.2, 0) is 0 Å². The third kappa shape index (κ3) is 5.61. The minimum Gasteiger partial charge on any atom is -0.0853 e. The summed E-state index contributed by atoms with van der Waals surface area (Å²) in [6.45, 7) is 6.77. The fourth-order valence-corrected chi connectivity index (χ4v) is 1.94. The minimum atomic E-state index is 1.22. The van der Waals surface area contributed by atoms with Crippen molar-refractivity contribution in [3.63, 3.8) is 0 Å². The Bertz CT molecular complexity index is 229. The van der Waals surface area contributed by atoms with Crippen molar-refractivity contribution in [1.29, 1.82) is 0 Å². The highest BCUT2D eigenvalue weighted by molar-refractivity contribution is 5.08. The molecule has 0 aliphatic heterocycles. The van der Waals surface area contributed by atoms with E-state index in [-0.39, 0.29) is 0 Å². The van der Waals surface area contributed by atoms with E-state index in [4.69, 9.17) is 0 Å². The third-order valence-electron chi connectivity index (χ3n) is 3.09. The van der Waals surface area contributed by atoms with E-state index in [0.717, 1.165) is 0 Å². The Kier molecular flexibility index (Phi) is 5.45. The molecule has 0 amide bonds. The molecule has 0 aromatic carbocycles. The van der Waals surface area contributed by atoms with E-state index in [2.05, 4.69) is 39.0 Å². The van der Waals surface area contributed by atoms with Gasteiger partial charge in [-0.3, -0.25) is 0 Å². The number of hydrogen-bond acceptors (Lipinski definition) is 0. The summed E-state index contributed by atoms with van der Waals surface area (Å²) in [4.78, 5) is 0. The first-order valence-electron chi connectivity index (χ1n) is 6.15. The molecule has 15 heavy (non-hydrogen) atoms. The van der Waals surface area contributed by atoms with Gasteiger partial charge in [0.25, 0.3) is 0 Å². The Morgan fingerprint density at radius 1 is 0.600 bits per heavy atom. The lowest BCUT2D eigenvalue weighted by Crippen LogP contribution is -1.84. The van der Waals surface area contributed by atoms with E-state index in [0.29, 0.717) is 0 Å². The van der Waals surface area contributed by atoms with Crippen molar-refractivity contribution < 1.29 is 0 Å². The summed E-state index contributed by atoms with van der Waals surface area (Å²) in [5.74, 6) is 0. The highest BCUT2D eigenvalue weighted by Gasteiger charge is 1.95. The predicted octanol–water partition coefficient (Wildman–Crippen LogP) is 5.18. The average molecular weight is 204 g/mol. The van der Waals surface area contributed by atoms with Crippen molar-refractivity contribution >= 4 is 0 Å². The molecule has 0 atom stereocenters. The fraction of sp³-hybridized carbons (Fsp3) is 0.600. The minimum absolute atomic E-state index is 1.22. The summed E-state index contributed by atoms with van der Waals surface area (Å²) >= 11 is 0. The SMILES string of the molecule is C/C1=C\CC/C(C)=C/CC/C(C)=C/CC1. The molecule has 0 heteroatoms. The first-order valence-corrected chi connectivity index (χ1v) is 6.15. The van der Waals surface area contributed by atoms with Gasteiger partial charge in [0.05, 0.1) is 0 Å². The zero-order valence-electron chi connectivity index (χ0n) is 10.5. The molecule has 0 nitrogen and oxygen atoms in total. The molecular formula is C15H24. The van der Waals surface area contributed by atoms with E-state index >= 15 is 0 Å². The lowest BCUT2D eigenvalue weighted by Gasteiger charge is -2.05. The van der Waals surface area contributed by atoms with Crippen LogP contribution < -0.4 is 0 Å². The van der Waals surface area contributed by atoms with Crippen LogP contribution in [0, 0.1) is 0 Å². The molecule has 0 aromatic rings. The first-order chi connectivity index (χ1) is 7.18. The van der Waals surface area contributed by atoms with E-state index in [1.54, 1.807) is 16.7 Å². The van der Waals surface area contributed by atoms with Gasteiger partial charge in [-0.2, -0.15) is 0 Å². The van der Waals surface area contributed by atoms with Crippen molar-refractivity contribution in [1.82, 2.24) is 0 Å². The molecule has 0 saturated heterocycles. The molecule has 0 N–H and O–H groups in total. The molecule has 0 saturated carbocycles. The molecule has 1 rings (SSSR count). The second-order valence-electron chi connectivity index (χ2n) is 4.77. The van der Waals surface area contributed by atoms with E-state index in [9.17, 15) is 0 Å².